The van der Waals surface area contributed by atoms with E-state index in [0.717, 1.165) is 12.1 Å². The maximum Gasteiger partial charge on any atom is 0.416 e. The van der Waals surface area contributed by atoms with Crippen LogP contribution < -0.4 is 10.6 Å². The number of anilines is 2. The molecule has 134 valence electrons. The minimum atomic E-state index is -4.56. The average Bonchev–Trinajstić information content (AvgIpc) is 2.55. The highest BCUT2D eigenvalue weighted by Gasteiger charge is 2.32. The summed E-state index contributed by atoms with van der Waals surface area (Å²) in [4.78, 5) is 11.9. The fourth-order valence-corrected chi connectivity index (χ4v) is 2.59. The monoisotopic (exact) mass is 392 g/mol. The molecule has 0 unspecified atom stereocenters. The number of carbonyl (C=O) groups excluding carboxylic acids is 1. The lowest BCUT2D eigenvalue weighted by Crippen LogP contribution is -2.26. The van der Waals surface area contributed by atoms with Crippen molar-refractivity contribution in [2.75, 3.05) is 18.5 Å². The quantitative estimate of drug-likeness (QED) is 0.702. The molecule has 0 heterocycles. The zero-order valence-corrected chi connectivity index (χ0v) is 14.1. The minimum absolute atomic E-state index is 0.101. The molecule has 0 radical (unpaired) electrons. The van der Waals surface area contributed by atoms with E-state index in [-0.39, 0.29) is 28.9 Å². The Hall–Kier alpha value is -1.96. The second-order valence-corrected chi connectivity index (χ2v) is 5.81. The lowest BCUT2D eigenvalue weighted by molar-refractivity contribution is -0.137. The van der Waals surface area contributed by atoms with Crippen LogP contribution in [0.15, 0.2) is 36.4 Å². The van der Waals surface area contributed by atoms with Crippen molar-refractivity contribution in [3.05, 3.63) is 57.6 Å². The van der Waals surface area contributed by atoms with Crippen LogP contribution in [0, 0.1) is 0 Å². The van der Waals surface area contributed by atoms with E-state index in [1.807, 2.05) is 0 Å². The summed E-state index contributed by atoms with van der Waals surface area (Å²) in [6.45, 7) is -0.0898. The fourth-order valence-electron chi connectivity index (χ4n) is 2.01. The smallest absolute Gasteiger partial charge is 0.395 e. The summed E-state index contributed by atoms with van der Waals surface area (Å²) in [5.74, 6) is -0.401. The number of hydrogen-bond donors (Lipinski definition) is 3. The summed E-state index contributed by atoms with van der Waals surface area (Å²) in [7, 11) is 0. The number of aliphatic hydroxyl groups is 1. The molecule has 0 bridgehead atoms. The second kappa shape index (κ2) is 7.95. The van der Waals surface area contributed by atoms with Gasteiger partial charge in [0.2, 0.25) is 0 Å². The second-order valence-electron chi connectivity index (χ2n) is 5.00. The predicted octanol–water partition coefficient (Wildman–Crippen LogP) is 4.48. The first-order valence-corrected chi connectivity index (χ1v) is 7.80. The minimum Gasteiger partial charge on any atom is -0.395 e. The van der Waals surface area contributed by atoms with Crippen molar-refractivity contribution in [1.29, 1.82) is 0 Å². The highest BCUT2D eigenvalue weighted by molar-refractivity contribution is 6.39. The van der Waals surface area contributed by atoms with Gasteiger partial charge in [-0.1, -0.05) is 29.3 Å². The van der Waals surface area contributed by atoms with Gasteiger partial charge in [-0.15, -0.1) is 0 Å². The SMILES string of the molecule is O=C(NCCO)c1cccc(Nc2c(Cl)cc(C(F)(F)F)cc2Cl)c1. The van der Waals surface area contributed by atoms with E-state index in [9.17, 15) is 18.0 Å². The molecule has 25 heavy (non-hydrogen) atoms. The molecule has 0 aromatic heterocycles. The molecule has 0 saturated carbocycles. The zero-order valence-electron chi connectivity index (χ0n) is 12.6. The molecule has 2 aromatic carbocycles. The number of alkyl halides is 3. The van der Waals surface area contributed by atoms with Crippen molar-refractivity contribution in [3.63, 3.8) is 0 Å². The molecule has 0 fully saturated rings. The molecule has 9 heteroatoms. The van der Waals surface area contributed by atoms with E-state index in [1.54, 1.807) is 18.2 Å². The Kier molecular flexibility index (Phi) is 6.16. The topological polar surface area (TPSA) is 61.4 Å². The molecule has 0 aliphatic heterocycles. The Morgan fingerprint density at radius 2 is 1.76 bits per heavy atom. The molecule has 2 aromatic rings. The van der Waals surface area contributed by atoms with Gasteiger partial charge in [0, 0.05) is 17.8 Å². The number of hydrogen-bond acceptors (Lipinski definition) is 3. The molecular weight excluding hydrogens is 380 g/mol. The number of benzene rings is 2. The van der Waals surface area contributed by atoms with Crippen LogP contribution in [0.25, 0.3) is 0 Å². The van der Waals surface area contributed by atoms with Gasteiger partial charge in [-0.05, 0) is 30.3 Å². The van der Waals surface area contributed by atoms with E-state index in [1.165, 1.54) is 6.07 Å². The van der Waals surface area contributed by atoms with Crippen molar-refractivity contribution in [3.8, 4) is 0 Å². The summed E-state index contributed by atoms with van der Waals surface area (Å²) in [6.07, 6.45) is -4.56. The van der Waals surface area contributed by atoms with Gasteiger partial charge in [-0.2, -0.15) is 13.2 Å². The van der Waals surface area contributed by atoms with Gasteiger partial charge < -0.3 is 15.7 Å². The van der Waals surface area contributed by atoms with Gasteiger partial charge in [-0.25, -0.2) is 0 Å². The van der Waals surface area contributed by atoms with Crippen LogP contribution in [0.3, 0.4) is 0 Å². The molecule has 3 N–H and O–H groups in total. The van der Waals surface area contributed by atoms with Crippen molar-refractivity contribution < 1.29 is 23.1 Å². The highest BCUT2D eigenvalue weighted by atomic mass is 35.5. The molecule has 1 amide bonds. The lowest BCUT2D eigenvalue weighted by atomic mass is 10.1. The number of nitrogens with one attached hydrogen (secondary N) is 2. The van der Waals surface area contributed by atoms with E-state index in [4.69, 9.17) is 28.3 Å². The standard InChI is InChI=1S/C16H13Cl2F3N2O2/c17-12-7-10(16(19,20)21)8-13(18)14(12)23-11-3-1-2-9(6-11)15(25)22-4-5-24/h1-3,6-8,23-24H,4-5H2,(H,22,25). The molecule has 0 atom stereocenters. The Balaban J connectivity index is 2.27. The summed E-state index contributed by atoms with van der Waals surface area (Å²) in [5, 5.41) is 13.6. The first-order valence-electron chi connectivity index (χ1n) is 7.04. The van der Waals surface area contributed by atoms with Gasteiger partial charge in [0.1, 0.15) is 0 Å². The number of aliphatic hydroxyl groups excluding tert-OH is 1. The Morgan fingerprint density at radius 3 is 2.32 bits per heavy atom. The van der Waals surface area contributed by atoms with Crippen LogP contribution in [0.5, 0.6) is 0 Å². The Bertz CT molecular complexity index is 759. The van der Waals surface area contributed by atoms with Crippen LogP contribution >= 0.6 is 23.2 Å². The van der Waals surface area contributed by atoms with Gasteiger partial charge in [0.05, 0.1) is 27.9 Å². The van der Waals surface area contributed by atoms with Gasteiger partial charge in [0.15, 0.2) is 0 Å². The first kappa shape index (κ1) is 19.4. The van der Waals surface area contributed by atoms with Crippen LogP contribution in [0.1, 0.15) is 15.9 Å². The summed E-state index contributed by atoms with van der Waals surface area (Å²) in [5.41, 5.74) is -0.132. The van der Waals surface area contributed by atoms with Gasteiger partial charge in [0.25, 0.3) is 5.91 Å². The maximum atomic E-state index is 12.8. The third kappa shape index (κ3) is 5.01. The van der Waals surface area contributed by atoms with Crippen molar-refractivity contribution in [2.45, 2.75) is 6.18 Å². The predicted molar refractivity (Wildman–Crippen MR) is 90.6 cm³/mol. The lowest BCUT2D eigenvalue weighted by Gasteiger charge is -2.14. The molecule has 0 aliphatic carbocycles. The third-order valence-electron chi connectivity index (χ3n) is 3.16. The van der Waals surface area contributed by atoms with E-state index < -0.39 is 17.6 Å². The van der Waals surface area contributed by atoms with Gasteiger partial charge >= 0.3 is 6.18 Å². The number of rotatable bonds is 5. The molecular formula is C16H13Cl2F3N2O2. The largest absolute Gasteiger partial charge is 0.416 e. The summed E-state index contributed by atoms with van der Waals surface area (Å²) >= 11 is 11.8. The maximum absolute atomic E-state index is 12.8. The molecule has 0 aliphatic rings. The van der Waals surface area contributed by atoms with Crippen molar-refractivity contribution >= 4 is 40.5 Å². The third-order valence-corrected chi connectivity index (χ3v) is 3.76. The summed E-state index contributed by atoms with van der Waals surface area (Å²) in [6, 6.07) is 7.77. The van der Waals surface area contributed by atoms with E-state index in [2.05, 4.69) is 10.6 Å². The Morgan fingerprint density at radius 1 is 1.12 bits per heavy atom. The van der Waals surface area contributed by atoms with Crippen LogP contribution in [0.4, 0.5) is 24.5 Å². The molecule has 0 saturated heterocycles. The van der Waals surface area contributed by atoms with Crippen LogP contribution in [0.2, 0.25) is 10.0 Å². The molecule has 0 spiro atoms. The van der Waals surface area contributed by atoms with Crippen molar-refractivity contribution in [2.24, 2.45) is 0 Å². The first-order chi connectivity index (χ1) is 11.7. The number of carbonyl (C=O) groups is 1. The van der Waals surface area contributed by atoms with Gasteiger partial charge in [-0.3, -0.25) is 4.79 Å². The molecule has 4 nitrogen and oxygen atoms in total. The van der Waals surface area contributed by atoms with Crippen LogP contribution in [-0.2, 0) is 6.18 Å². The normalized spacial score (nSPS) is 11.3. The fraction of sp³-hybridized carbons (Fsp3) is 0.188. The molecule has 2 rings (SSSR count). The summed E-state index contributed by atoms with van der Waals surface area (Å²) < 4.78 is 38.3. The highest BCUT2D eigenvalue weighted by Crippen LogP contribution is 2.39. The van der Waals surface area contributed by atoms with Crippen molar-refractivity contribution in [1.82, 2.24) is 5.32 Å². The van der Waals surface area contributed by atoms with E-state index in [0.29, 0.717) is 11.3 Å². The number of halogens is 5. The zero-order chi connectivity index (χ0) is 18.6. The van der Waals surface area contributed by atoms with Crippen LogP contribution in [-0.4, -0.2) is 24.2 Å². The van der Waals surface area contributed by atoms with E-state index >= 15 is 0 Å². The average molecular weight is 393 g/mol. The number of amides is 1. The Labute approximate surface area is 151 Å².